The van der Waals surface area contributed by atoms with Crippen molar-refractivity contribution in [3.8, 4) is 0 Å². The molecule has 3 nitrogen and oxygen atoms in total. The third-order valence-electron chi connectivity index (χ3n) is 0. The van der Waals surface area contributed by atoms with Gasteiger partial charge in [0.15, 0.2) is 0 Å². The Kier molecular flexibility index (Phi) is 9.55. The fourth-order valence-electron chi connectivity index (χ4n) is 0. The zero-order valence-electron chi connectivity index (χ0n) is 4.14. The number of alkyl halides is 2. The summed E-state index contributed by atoms with van der Waals surface area (Å²) in [5.74, 6) is -0.833. The molecule has 0 saturated heterocycles. The van der Waals surface area contributed by atoms with Crippen molar-refractivity contribution in [1.29, 1.82) is 0 Å². The van der Waals surface area contributed by atoms with Gasteiger partial charge in [-0.2, -0.15) is 0 Å². The zero-order chi connectivity index (χ0) is 7.15. The second-order valence-electron chi connectivity index (χ2n) is 0.797. The predicted molar refractivity (Wildman–Crippen MR) is 31.0 cm³/mol. The molecule has 0 aromatic heterocycles. The highest BCUT2D eigenvalue weighted by Crippen LogP contribution is 1.90. The summed E-state index contributed by atoms with van der Waals surface area (Å²) in [4.78, 5) is 9.00. The van der Waals surface area contributed by atoms with Crippen LogP contribution in [0.4, 0.5) is 0 Å². The first-order valence-electron chi connectivity index (χ1n) is 1.62. The minimum Gasteiger partial charge on any atom is -0.481 e. The van der Waals surface area contributed by atoms with Gasteiger partial charge in [0.1, 0.15) is 0 Å². The molecular formula is C3H6Cl2O3. The maximum atomic E-state index is 9.00. The second kappa shape index (κ2) is 7.01. The molecule has 0 atom stereocenters. The van der Waals surface area contributed by atoms with Crippen LogP contribution in [0.15, 0.2) is 0 Å². The topological polar surface area (TPSA) is 57.5 Å². The molecule has 50 valence electrons. The van der Waals surface area contributed by atoms with Gasteiger partial charge in [-0.15, -0.1) is 0 Å². The molecule has 0 heterocycles. The fraction of sp³-hybridized carbons (Fsp3) is 0.667. The quantitative estimate of drug-likeness (QED) is 0.517. The minimum atomic E-state index is -1.22. The van der Waals surface area contributed by atoms with Crippen LogP contribution in [-0.2, 0) is 4.79 Å². The standard InChI is InChI=1S/C2H4O2.CH2Cl2O/c1-2(3)4;2-1(3)4/h1H3,(H,3,4);1,4H. The van der Waals surface area contributed by atoms with Crippen molar-refractivity contribution < 1.29 is 15.0 Å². The Morgan fingerprint density at radius 3 is 1.62 bits per heavy atom. The number of aliphatic carboxylic acids is 1. The lowest BCUT2D eigenvalue weighted by molar-refractivity contribution is -0.134. The van der Waals surface area contributed by atoms with Crippen molar-refractivity contribution in [3.05, 3.63) is 0 Å². The van der Waals surface area contributed by atoms with Gasteiger partial charge in [-0.05, 0) is 0 Å². The van der Waals surface area contributed by atoms with Gasteiger partial charge in [-0.1, -0.05) is 23.2 Å². The normalized spacial score (nSPS) is 7.62. The first-order chi connectivity index (χ1) is 3.46. The summed E-state index contributed by atoms with van der Waals surface area (Å²) in [5, 5.41) is 13.8. The highest BCUT2D eigenvalue weighted by Gasteiger charge is 1.76. The van der Waals surface area contributed by atoms with Crippen molar-refractivity contribution in [2.24, 2.45) is 0 Å². The third kappa shape index (κ3) is 1510000. The molecule has 0 spiro atoms. The number of aliphatic hydroxyl groups is 1. The van der Waals surface area contributed by atoms with E-state index >= 15 is 0 Å². The summed E-state index contributed by atoms with van der Waals surface area (Å²) < 4.78 is 0. The van der Waals surface area contributed by atoms with Crippen LogP contribution in [0.1, 0.15) is 6.92 Å². The average molecular weight is 161 g/mol. The number of hydrogen-bond acceptors (Lipinski definition) is 2. The monoisotopic (exact) mass is 160 g/mol. The average Bonchev–Trinajstić information content (AvgIpc) is 1.25. The van der Waals surface area contributed by atoms with Crippen molar-refractivity contribution in [1.82, 2.24) is 0 Å². The first-order valence-corrected chi connectivity index (χ1v) is 2.50. The molecule has 0 aromatic rings. The maximum Gasteiger partial charge on any atom is 0.300 e. The van der Waals surface area contributed by atoms with Gasteiger partial charge in [-0.25, -0.2) is 0 Å². The number of halogens is 2. The van der Waals surface area contributed by atoms with E-state index in [2.05, 4.69) is 23.2 Å². The van der Waals surface area contributed by atoms with Crippen LogP contribution in [0.5, 0.6) is 0 Å². The molecule has 0 unspecified atom stereocenters. The van der Waals surface area contributed by atoms with Crippen molar-refractivity contribution >= 4 is 29.2 Å². The van der Waals surface area contributed by atoms with Gasteiger partial charge in [-0.3, -0.25) is 4.79 Å². The van der Waals surface area contributed by atoms with Crippen molar-refractivity contribution in [2.45, 2.75) is 11.9 Å². The summed E-state index contributed by atoms with van der Waals surface area (Å²) in [6.07, 6.45) is 0. The first kappa shape index (κ1) is 10.9. The lowest BCUT2D eigenvalue weighted by Crippen LogP contribution is -1.78. The number of carboxylic acid groups (broad SMARTS) is 1. The molecule has 0 radical (unpaired) electrons. The Morgan fingerprint density at radius 1 is 1.62 bits per heavy atom. The van der Waals surface area contributed by atoms with Crippen molar-refractivity contribution in [2.75, 3.05) is 0 Å². The molecule has 0 rings (SSSR count). The van der Waals surface area contributed by atoms with Crippen LogP contribution < -0.4 is 0 Å². The molecule has 0 aromatic carbocycles. The molecule has 0 bridgehead atoms. The highest BCUT2D eigenvalue weighted by atomic mass is 35.5. The van der Waals surface area contributed by atoms with Gasteiger partial charge in [0.2, 0.25) is 5.02 Å². The Bertz CT molecular complexity index is 56.8. The molecule has 8 heavy (non-hydrogen) atoms. The maximum absolute atomic E-state index is 9.00. The Balaban J connectivity index is 0. The Morgan fingerprint density at radius 2 is 1.62 bits per heavy atom. The molecule has 0 saturated carbocycles. The molecule has 2 N–H and O–H groups in total. The van der Waals surface area contributed by atoms with Crippen LogP contribution in [0, 0.1) is 0 Å². The summed E-state index contributed by atoms with van der Waals surface area (Å²) in [7, 11) is 0. The summed E-state index contributed by atoms with van der Waals surface area (Å²) in [5.41, 5.74) is 0. The van der Waals surface area contributed by atoms with E-state index in [1.165, 1.54) is 0 Å². The number of hydrogen-bond donors (Lipinski definition) is 2. The minimum absolute atomic E-state index is 0.833. The third-order valence-corrected chi connectivity index (χ3v) is 0. The van der Waals surface area contributed by atoms with Gasteiger partial charge < -0.3 is 10.2 Å². The van der Waals surface area contributed by atoms with Crippen LogP contribution >= 0.6 is 23.2 Å². The van der Waals surface area contributed by atoms with E-state index in [1.807, 2.05) is 0 Å². The van der Waals surface area contributed by atoms with E-state index in [1.54, 1.807) is 0 Å². The van der Waals surface area contributed by atoms with E-state index in [0.29, 0.717) is 0 Å². The number of rotatable bonds is 0. The molecular weight excluding hydrogens is 155 g/mol. The lowest BCUT2D eigenvalue weighted by Gasteiger charge is -1.73. The molecule has 0 aliphatic rings. The number of carbonyl (C=O) groups is 1. The van der Waals surface area contributed by atoms with Crippen LogP contribution in [0.3, 0.4) is 0 Å². The second-order valence-corrected chi connectivity index (χ2v) is 1.85. The van der Waals surface area contributed by atoms with Crippen LogP contribution in [-0.4, -0.2) is 21.2 Å². The van der Waals surface area contributed by atoms with Crippen LogP contribution in [0.25, 0.3) is 0 Å². The number of carboxylic acids is 1. The van der Waals surface area contributed by atoms with Gasteiger partial charge in [0.05, 0.1) is 0 Å². The molecule has 5 heteroatoms. The van der Waals surface area contributed by atoms with E-state index < -0.39 is 11.0 Å². The van der Waals surface area contributed by atoms with Crippen molar-refractivity contribution in [3.63, 3.8) is 0 Å². The van der Waals surface area contributed by atoms with E-state index in [4.69, 9.17) is 15.0 Å². The summed E-state index contributed by atoms with van der Waals surface area (Å²) in [6.45, 7) is 1.08. The van der Waals surface area contributed by atoms with E-state index in [0.717, 1.165) is 6.92 Å². The molecule has 0 aliphatic carbocycles. The van der Waals surface area contributed by atoms with Gasteiger partial charge in [0, 0.05) is 6.92 Å². The molecule has 0 amide bonds. The van der Waals surface area contributed by atoms with Gasteiger partial charge >= 0.3 is 0 Å². The number of aliphatic hydroxyl groups excluding tert-OH is 1. The lowest BCUT2D eigenvalue weighted by atomic mass is 10.9. The van der Waals surface area contributed by atoms with Gasteiger partial charge in [0.25, 0.3) is 5.97 Å². The zero-order valence-corrected chi connectivity index (χ0v) is 5.65. The smallest absolute Gasteiger partial charge is 0.300 e. The largest absolute Gasteiger partial charge is 0.481 e. The summed E-state index contributed by atoms with van der Waals surface area (Å²) >= 11 is 9.19. The predicted octanol–water partition coefficient (Wildman–Crippen LogP) is 0.831. The van der Waals surface area contributed by atoms with Crippen LogP contribution in [0.2, 0.25) is 0 Å². The van der Waals surface area contributed by atoms with E-state index in [-0.39, 0.29) is 0 Å². The Hall–Kier alpha value is 0.01000. The fourth-order valence-corrected chi connectivity index (χ4v) is 0. The van der Waals surface area contributed by atoms with E-state index in [9.17, 15) is 0 Å². The highest BCUT2D eigenvalue weighted by molar-refractivity contribution is 6.42. The Labute approximate surface area is 56.8 Å². The SMILES string of the molecule is CC(=O)O.OC(Cl)Cl. The molecule has 0 aliphatic heterocycles. The summed E-state index contributed by atoms with van der Waals surface area (Å²) in [6, 6.07) is 0. The molecule has 0 fully saturated rings.